The summed E-state index contributed by atoms with van der Waals surface area (Å²) in [4.78, 5) is 33.3. The summed E-state index contributed by atoms with van der Waals surface area (Å²) in [5, 5.41) is 11.4. The number of imidazole rings is 1. The third-order valence-corrected chi connectivity index (χ3v) is 5.87. The van der Waals surface area contributed by atoms with Crippen molar-refractivity contribution < 1.29 is 5.11 Å². The molecule has 3 aromatic rings. The van der Waals surface area contributed by atoms with Crippen molar-refractivity contribution in [1.82, 2.24) is 23.6 Å². The van der Waals surface area contributed by atoms with Gasteiger partial charge in [0, 0.05) is 57.5 Å². The molecule has 0 bridgehead atoms. The topological polar surface area (TPSA) is 88.5 Å². The van der Waals surface area contributed by atoms with Gasteiger partial charge in [-0.15, -0.1) is 0 Å². The van der Waals surface area contributed by atoms with Gasteiger partial charge in [-0.25, -0.2) is 9.78 Å². The van der Waals surface area contributed by atoms with Gasteiger partial charge in [-0.3, -0.25) is 18.8 Å². The standard InChI is InChI=1S/C20H25ClN6O3/c1-23-18-17(19(29)24(2)20(23)30)27(13-22-18)12-16(28)11-25-6-8-26(9-7-25)15-5-3-4-14(21)10-15/h3-5,10,13,16,28H,6-9,11-12H2,1-2H3. The molecule has 1 saturated heterocycles. The zero-order chi connectivity index (χ0) is 21.4. The van der Waals surface area contributed by atoms with E-state index in [1.165, 1.54) is 17.9 Å². The van der Waals surface area contributed by atoms with Crippen LogP contribution in [0.15, 0.2) is 40.2 Å². The van der Waals surface area contributed by atoms with E-state index in [9.17, 15) is 14.7 Å². The van der Waals surface area contributed by atoms with Gasteiger partial charge in [-0.2, -0.15) is 0 Å². The molecule has 0 aliphatic carbocycles. The first kappa shape index (κ1) is 20.6. The van der Waals surface area contributed by atoms with Gasteiger partial charge in [-0.05, 0) is 18.2 Å². The Morgan fingerprint density at radius 2 is 1.83 bits per heavy atom. The summed E-state index contributed by atoms with van der Waals surface area (Å²) in [6, 6.07) is 7.82. The lowest BCUT2D eigenvalue weighted by atomic mass is 10.2. The molecular weight excluding hydrogens is 408 g/mol. The van der Waals surface area contributed by atoms with Gasteiger partial charge in [0.2, 0.25) is 0 Å². The Kier molecular flexibility index (Phi) is 5.68. The third-order valence-electron chi connectivity index (χ3n) is 5.64. The summed E-state index contributed by atoms with van der Waals surface area (Å²) in [5.74, 6) is 0. The largest absolute Gasteiger partial charge is 0.390 e. The van der Waals surface area contributed by atoms with Gasteiger partial charge in [0.05, 0.1) is 19.0 Å². The van der Waals surface area contributed by atoms with Gasteiger partial charge in [0.1, 0.15) is 0 Å². The van der Waals surface area contributed by atoms with E-state index in [0.717, 1.165) is 41.5 Å². The summed E-state index contributed by atoms with van der Waals surface area (Å²) in [6.45, 7) is 4.08. The van der Waals surface area contributed by atoms with Crippen LogP contribution in [0, 0.1) is 0 Å². The third kappa shape index (κ3) is 3.88. The van der Waals surface area contributed by atoms with Crippen molar-refractivity contribution in [3.05, 3.63) is 56.5 Å². The first-order chi connectivity index (χ1) is 14.3. The van der Waals surface area contributed by atoms with Crippen LogP contribution in [0.25, 0.3) is 11.2 Å². The number of nitrogens with zero attached hydrogens (tertiary/aromatic N) is 6. The minimum Gasteiger partial charge on any atom is -0.390 e. The number of fused-ring (bicyclic) bond motifs is 1. The quantitative estimate of drug-likeness (QED) is 0.622. The lowest BCUT2D eigenvalue weighted by Crippen LogP contribution is -2.49. The molecule has 4 rings (SSSR count). The van der Waals surface area contributed by atoms with Crippen LogP contribution in [0.4, 0.5) is 5.69 Å². The summed E-state index contributed by atoms with van der Waals surface area (Å²) >= 11 is 6.09. The number of aryl methyl sites for hydroxylation is 1. The molecule has 1 aromatic carbocycles. The SMILES string of the molecule is Cn1c(=O)c2c(ncn2CC(O)CN2CCN(c3cccc(Cl)c3)CC2)n(C)c1=O. The van der Waals surface area contributed by atoms with Crippen LogP contribution in [0.5, 0.6) is 0 Å². The smallest absolute Gasteiger partial charge is 0.332 e. The van der Waals surface area contributed by atoms with Gasteiger partial charge in [0.25, 0.3) is 5.56 Å². The van der Waals surface area contributed by atoms with Gasteiger partial charge in [-0.1, -0.05) is 17.7 Å². The van der Waals surface area contributed by atoms with E-state index >= 15 is 0 Å². The molecule has 0 spiro atoms. The number of benzene rings is 1. The molecule has 0 saturated carbocycles. The highest BCUT2D eigenvalue weighted by Gasteiger charge is 2.21. The van der Waals surface area contributed by atoms with E-state index in [1.54, 1.807) is 11.6 Å². The van der Waals surface area contributed by atoms with Crippen LogP contribution >= 0.6 is 11.6 Å². The van der Waals surface area contributed by atoms with Crippen LogP contribution in [-0.4, -0.2) is 67.5 Å². The fraction of sp³-hybridized carbons (Fsp3) is 0.450. The molecule has 1 aliphatic rings. The Hall–Kier alpha value is -2.62. The van der Waals surface area contributed by atoms with E-state index in [4.69, 9.17) is 11.6 Å². The average molecular weight is 433 g/mol. The van der Waals surface area contributed by atoms with Crippen LogP contribution in [0.1, 0.15) is 0 Å². The molecule has 1 fully saturated rings. The molecule has 0 radical (unpaired) electrons. The molecule has 1 unspecified atom stereocenters. The van der Waals surface area contributed by atoms with Crippen molar-refractivity contribution in [1.29, 1.82) is 0 Å². The second-order valence-electron chi connectivity index (χ2n) is 7.70. The molecule has 160 valence electrons. The predicted molar refractivity (Wildman–Crippen MR) is 116 cm³/mol. The van der Waals surface area contributed by atoms with Crippen molar-refractivity contribution in [2.24, 2.45) is 14.1 Å². The van der Waals surface area contributed by atoms with E-state index in [1.807, 2.05) is 24.3 Å². The molecule has 1 atom stereocenters. The van der Waals surface area contributed by atoms with Crippen molar-refractivity contribution in [3.63, 3.8) is 0 Å². The Morgan fingerprint density at radius 3 is 2.53 bits per heavy atom. The van der Waals surface area contributed by atoms with E-state index in [0.29, 0.717) is 17.7 Å². The van der Waals surface area contributed by atoms with Crippen molar-refractivity contribution in [3.8, 4) is 0 Å². The first-order valence-corrected chi connectivity index (χ1v) is 10.2. The maximum Gasteiger partial charge on any atom is 0.332 e. The number of halogens is 1. The number of aromatic nitrogens is 4. The number of aliphatic hydroxyl groups excluding tert-OH is 1. The molecule has 3 heterocycles. The second-order valence-corrected chi connectivity index (χ2v) is 8.13. The highest BCUT2D eigenvalue weighted by Crippen LogP contribution is 2.21. The number of piperazine rings is 1. The molecule has 0 amide bonds. The number of β-amino-alcohol motifs (C(OH)–C–C–N with tert-alkyl or cyclic N) is 1. The van der Waals surface area contributed by atoms with Crippen LogP contribution < -0.4 is 16.1 Å². The fourth-order valence-electron chi connectivity index (χ4n) is 3.98. The molecule has 30 heavy (non-hydrogen) atoms. The van der Waals surface area contributed by atoms with Crippen LogP contribution in [-0.2, 0) is 20.6 Å². The van der Waals surface area contributed by atoms with Gasteiger partial charge in [0.15, 0.2) is 11.2 Å². The zero-order valence-electron chi connectivity index (χ0n) is 17.0. The molecular formula is C20H25ClN6O3. The second kappa shape index (κ2) is 8.25. The lowest BCUT2D eigenvalue weighted by molar-refractivity contribution is 0.0958. The number of aliphatic hydroxyl groups is 1. The zero-order valence-corrected chi connectivity index (χ0v) is 17.8. The van der Waals surface area contributed by atoms with Crippen LogP contribution in [0.3, 0.4) is 0 Å². The first-order valence-electron chi connectivity index (χ1n) is 9.87. The number of rotatable bonds is 5. The molecule has 2 aromatic heterocycles. The Bertz CT molecular complexity index is 1180. The summed E-state index contributed by atoms with van der Waals surface area (Å²) < 4.78 is 4.03. The Morgan fingerprint density at radius 1 is 1.10 bits per heavy atom. The normalized spacial score (nSPS) is 16.3. The lowest BCUT2D eigenvalue weighted by Gasteiger charge is -2.37. The summed E-state index contributed by atoms with van der Waals surface area (Å²) in [7, 11) is 3.02. The van der Waals surface area contributed by atoms with Gasteiger partial charge < -0.3 is 14.6 Å². The van der Waals surface area contributed by atoms with Crippen LogP contribution in [0.2, 0.25) is 5.02 Å². The predicted octanol–water partition coefficient (Wildman–Crippen LogP) is 0.270. The highest BCUT2D eigenvalue weighted by atomic mass is 35.5. The average Bonchev–Trinajstić information content (AvgIpc) is 3.14. The van der Waals surface area contributed by atoms with E-state index in [2.05, 4.69) is 14.8 Å². The number of hydrogen-bond acceptors (Lipinski definition) is 6. The van der Waals surface area contributed by atoms with E-state index < -0.39 is 17.4 Å². The van der Waals surface area contributed by atoms with Gasteiger partial charge >= 0.3 is 5.69 Å². The summed E-state index contributed by atoms with van der Waals surface area (Å²) in [6.07, 6.45) is 0.841. The minimum atomic E-state index is -0.665. The maximum atomic E-state index is 12.5. The number of hydrogen-bond donors (Lipinski definition) is 1. The minimum absolute atomic E-state index is 0.235. The van der Waals surface area contributed by atoms with E-state index in [-0.39, 0.29) is 6.54 Å². The van der Waals surface area contributed by atoms with Crippen molar-refractivity contribution in [2.75, 3.05) is 37.6 Å². The van der Waals surface area contributed by atoms with Crippen molar-refractivity contribution >= 4 is 28.5 Å². The monoisotopic (exact) mass is 432 g/mol. The highest BCUT2D eigenvalue weighted by molar-refractivity contribution is 6.30. The molecule has 9 nitrogen and oxygen atoms in total. The fourth-order valence-corrected chi connectivity index (χ4v) is 4.16. The molecule has 1 aliphatic heterocycles. The molecule has 10 heteroatoms. The Balaban J connectivity index is 1.41. The Labute approximate surface area is 178 Å². The summed E-state index contributed by atoms with van der Waals surface area (Å²) in [5.41, 5.74) is 0.924. The number of anilines is 1. The maximum absolute atomic E-state index is 12.5. The van der Waals surface area contributed by atoms with Crippen molar-refractivity contribution in [2.45, 2.75) is 12.6 Å². The molecule has 1 N–H and O–H groups in total.